The second kappa shape index (κ2) is 5.21. The second-order valence-electron chi connectivity index (χ2n) is 5.27. The molecule has 0 aliphatic carbocycles. The average Bonchev–Trinajstić information content (AvgIpc) is 3.02. The van der Waals surface area contributed by atoms with Crippen molar-refractivity contribution in [3.05, 3.63) is 35.6 Å². The van der Waals surface area contributed by atoms with E-state index in [9.17, 15) is 9.59 Å². The zero-order valence-electron chi connectivity index (χ0n) is 11.6. The third-order valence-electron chi connectivity index (χ3n) is 3.77. The summed E-state index contributed by atoms with van der Waals surface area (Å²) in [4.78, 5) is 24.4. The molecule has 1 aliphatic heterocycles. The number of hydrogen-bond donors (Lipinski definition) is 2. The number of rotatable bonds is 4. The van der Waals surface area contributed by atoms with Crippen LogP contribution < -0.4 is 5.32 Å². The maximum absolute atomic E-state index is 11.8. The van der Waals surface area contributed by atoms with Crippen molar-refractivity contribution in [3.63, 3.8) is 0 Å². The lowest BCUT2D eigenvalue weighted by Gasteiger charge is -2.12. The predicted octanol–water partition coefficient (Wildman–Crippen LogP) is 1.45. The van der Waals surface area contributed by atoms with E-state index in [0.29, 0.717) is 12.1 Å². The quantitative estimate of drug-likeness (QED) is 0.889. The van der Waals surface area contributed by atoms with Crippen LogP contribution in [0.1, 0.15) is 22.5 Å². The van der Waals surface area contributed by atoms with Gasteiger partial charge in [-0.2, -0.15) is 0 Å². The van der Waals surface area contributed by atoms with E-state index >= 15 is 0 Å². The minimum atomic E-state index is -1.08. The molecular weight excluding hydrogens is 272 g/mol. The van der Waals surface area contributed by atoms with Crippen molar-refractivity contribution in [2.24, 2.45) is 0 Å². The number of hydrogen-bond acceptors (Lipinski definition) is 4. The van der Waals surface area contributed by atoms with E-state index < -0.39 is 5.97 Å². The van der Waals surface area contributed by atoms with Crippen LogP contribution in [0.4, 0.5) is 0 Å². The van der Waals surface area contributed by atoms with Crippen molar-refractivity contribution >= 4 is 22.8 Å². The van der Waals surface area contributed by atoms with Crippen LogP contribution in [0.5, 0.6) is 0 Å². The Balaban J connectivity index is 1.72. The van der Waals surface area contributed by atoms with E-state index in [4.69, 9.17) is 9.52 Å². The molecule has 6 nitrogen and oxygen atoms in total. The first-order valence-corrected chi connectivity index (χ1v) is 6.79. The fourth-order valence-electron chi connectivity index (χ4n) is 2.56. The van der Waals surface area contributed by atoms with Gasteiger partial charge in [-0.25, -0.2) is 4.79 Å². The number of carbonyl (C=O) groups is 2. The average molecular weight is 288 g/mol. The third kappa shape index (κ3) is 2.62. The van der Waals surface area contributed by atoms with Crippen molar-refractivity contribution in [2.75, 3.05) is 13.6 Å². The smallest absolute Gasteiger partial charge is 0.371 e. The van der Waals surface area contributed by atoms with Crippen LogP contribution in [0.2, 0.25) is 0 Å². The SMILES string of the molecule is CN1CCC(NCc2ccc3oc(C(=O)O)cc3c2)C1=O. The van der Waals surface area contributed by atoms with E-state index in [-0.39, 0.29) is 17.7 Å². The van der Waals surface area contributed by atoms with E-state index in [1.165, 1.54) is 6.07 Å². The number of fused-ring (bicyclic) bond motifs is 1. The summed E-state index contributed by atoms with van der Waals surface area (Å²) in [6.07, 6.45) is 0.812. The van der Waals surface area contributed by atoms with Gasteiger partial charge in [0.25, 0.3) is 0 Å². The lowest BCUT2D eigenvalue weighted by Crippen LogP contribution is -2.36. The number of furan rings is 1. The molecule has 1 atom stereocenters. The van der Waals surface area contributed by atoms with Crippen molar-refractivity contribution in [1.82, 2.24) is 10.2 Å². The first-order chi connectivity index (χ1) is 10.0. The van der Waals surface area contributed by atoms with E-state index in [0.717, 1.165) is 23.9 Å². The highest BCUT2D eigenvalue weighted by molar-refractivity contribution is 5.91. The highest BCUT2D eigenvalue weighted by atomic mass is 16.4. The van der Waals surface area contributed by atoms with Crippen LogP contribution >= 0.6 is 0 Å². The summed E-state index contributed by atoms with van der Waals surface area (Å²) in [5.74, 6) is -1.03. The van der Waals surface area contributed by atoms with Crippen LogP contribution in [-0.2, 0) is 11.3 Å². The van der Waals surface area contributed by atoms with Gasteiger partial charge in [-0.1, -0.05) is 6.07 Å². The van der Waals surface area contributed by atoms with Gasteiger partial charge in [0.1, 0.15) is 5.58 Å². The third-order valence-corrected chi connectivity index (χ3v) is 3.77. The van der Waals surface area contributed by atoms with Crippen molar-refractivity contribution in [1.29, 1.82) is 0 Å². The molecule has 6 heteroatoms. The fraction of sp³-hybridized carbons (Fsp3) is 0.333. The Morgan fingerprint density at radius 3 is 2.95 bits per heavy atom. The van der Waals surface area contributed by atoms with Crippen molar-refractivity contribution in [3.8, 4) is 0 Å². The Morgan fingerprint density at radius 1 is 1.48 bits per heavy atom. The van der Waals surface area contributed by atoms with Crippen LogP contribution in [0.15, 0.2) is 28.7 Å². The maximum Gasteiger partial charge on any atom is 0.371 e. The van der Waals surface area contributed by atoms with Crippen molar-refractivity contribution in [2.45, 2.75) is 19.0 Å². The zero-order chi connectivity index (χ0) is 15.0. The number of benzene rings is 1. The summed E-state index contributed by atoms with van der Waals surface area (Å²) >= 11 is 0. The molecule has 2 N–H and O–H groups in total. The molecular formula is C15H16N2O4. The highest BCUT2D eigenvalue weighted by Crippen LogP contribution is 2.21. The molecule has 21 heavy (non-hydrogen) atoms. The highest BCUT2D eigenvalue weighted by Gasteiger charge is 2.28. The molecule has 0 radical (unpaired) electrons. The molecule has 2 heterocycles. The van der Waals surface area contributed by atoms with Gasteiger partial charge >= 0.3 is 5.97 Å². The number of carboxylic acids is 1. The monoisotopic (exact) mass is 288 g/mol. The van der Waals surface area contributed by atoms with Gasteiger partial charge in [-0.15, -0.1) is 0 Å². The van der Waals surface area contributed by atoms with Crippen LogP contribution in [-0.4, -0.2) is 41.5 Å². The summed E-state index contributed by atoms with van der Waals surface area (Å²) in [7, 11) is 1.80. The largest absolute Gasteiger partial charge is 0.475 e. The minimum absolute atomic E-state index is 0.0669. The molecule has 1 aromatic heterocycles. The molecule has 1 fully saturated rings. The van der Waals surface area contributed by atoms with Crippen LogP contribution in [0.3, 0.4) is 0 Å². The number of likely N-dealkylation sites (tertiary alicyclic amines) is 1. The Labute approximate surface area is 121 Å². The summed E-state index contributed by atoms with van der Waals surface area (Å²) < 4.78 is 5.21. The number of carbonyl (C=O) groups excluding carboxylic acids is 1. The molecule has 0 bridgehead atoms. The lowest BCUT2D eigenvalue weighted by molar-refractivity contribution is -0.128. The summed E-state index contributed by atoms with van der Waals surface area (Å²) in [5.41, 5.74) is 1.54. The number of nitrogens with one attached hydrogen (secondary N) is 1. The zero-order valence-corrected chi connectivity index (χ0v) is 11.6. The molecule has 2 aromatic rings. The molecule has 1 saturated heterocycles. The van der Waals surface area contributed by atoms with Crippen LogP contribution in [0, 0.1) is 0 Å². The first-order valence-electron chi connectivity index (χ1n) is 6.79. The first kappa shape index (κ1) is 13.6. The molecule has 3 rings (SSSR count). The fourth-order valence-corrected chi connectivity index (χ4v) is 2.56. The van der Waals surface area contributed by atoms with Crippen LogP contribution in [0.25, 0.3) is 11.0 Å². The minimum Gasteiger partial charge on any atom is -0.475 e. The number of likely N-dealkylation sites (N-methyl/N-ethyl adjacent to an activating group) is 1. The normalized spacial score (nSPS) is 18.6. The molecule has 0 spiro atoms. The standard InChI is InChI=1S/C15H16N2O4/c1-17-5-4-11(14(17)18)16-8-9-2-3-12-10(6-9)7-13(21-12)15(19)20/h2-3,6-7,11,16H,4-5,8H2,1H3,(H,19,20). The molecule has 1 aliphatic rings. The number of aromatic carboxylic acids is 1. The van der Waals surface area contributed by atoms with Gasteiger partial charge in [0.05, 0.1) is 6.04 Å². The van der Waals surface area contributed by atoms with E-state index in [2.05, 4.69) is 5.32 Å². The van der Waals surface area contributed by atoms with Gasteiger partial charge in [0, 0.05) is 25.5 Å². The summed E-state index contributed by atoms with van der Waals surface area (Å²) in [6, 6.07) is 6.87. The molecule has 110 valence electrons. The summed E-state index contributed by atoms with van der Waals surface area (Å²) in [6.45, 7) is 1.34. The number of nitrogens with zero attached hydrogens (tertiary/aromatic N) is 1. The molecule has 1 amide bonds. The van der Waals surface area contributed by atoms with Gasteiger partial charge in [0.2, 0.25) is 11.7 Å². The molecule has 0 saturated carbocycles. The van der Waals surface area contributed by atoms with Crippen molar-refractivity contribution < 1.29 is 19.1 Å². The maximum atomic E-state index is 11.8. The molecule has 1 aromatic carbocycles. The Kier molecular flexibility index (Phi) is 3.39. The van der Waals surface area contributed by atoms with Gasteiger partial charge in [-0.3, -0.25) is 4.79 Å². The number of amides is 1. The summed E-state index contributed by atoms with van der Waals surface area (Å²) in [5, 5.41) is 12.9. The second-order valence-corrected chi connectivity index (χ2v) is 5.27. The predicted molar refractivity (Wildman–Crippen MR) is 76.1 cm³/mol. The van der Waals surface area contributed by atoms with Gasteiger partial charge in [-0.05, 0) is 30.2 Å². The van der Waals surface area contributed by atoms with E-state index in [1.54, 1.807) is 18.0 Å². The van der Waals surface area contributed by atoms with Gasteiger partial charge < -0.3 is 19.7 Å². The topological polar surface area (TPSA) is 82.8 Å². The Bertz CT molecular complexity index is 707. The van der Waals surface area contributed by atoms with E-state index in [1.807, 2.05) is 12.1 Å². The molecule has 1 unspecified atom stereocenters. The number of carboxylic acid groups (broad SMARTS) is 1. The Morgan fingerprint density at radius 2 is 2.29 bits per heavy atom. The Hall–Kier alpha value is -2.34. The van der Waals surface area contributed by atoms with Gasteiger partial charge in [0.15, 0.2) is 0 Å². The lowest BCUT2D eigenvalue weighted by atomic mass is 10.1.